The number of alkyl halides is 2. The van der Waals surface area contributed by atoms with E-state index in [0.29, 0.717) is 0 Å². The van der Waals surface area contributed by atoms with Crippen LogP contribution in [0.25, 0.3) is 0 Å². The van der Waals surface area contributed by atoms with E-state index in [0.717, 1.165) is 0 Å². The van der Waals surface area contributed by atoms with Gasteiger partial charge < -0.3 is 35.4 Å². The Morgan fingerprint density at radius 3 is 1.89 bits per heavy atom. The van der Waals surface area contributed by atoms with Crippen molar-refractivity contribution in [3.8, 4) is 0 Å². The molecule has 0 saturated carbocycles. The van der Waals surface area contributed by atoms with Crippen LogP contribution >= 0.6 is 23.2 Å². The van der Waals surface area contributed by atoms with Crippen molar-refractivity contribution in [2.45, 2.75) is 35.5 Å². The molecule has 1 aliphatic heterocycles. The molecule has 0 aliphatic carbocycles. The molecule has 0 radical (unpaired) electrons. The van der Waals surface area contributed by atoms with Crippen LogP contribution in [0.5, 0.6) is 0 Å². The van der Waals surface area contributed by atoms with Gasteiger partial charge in [0, 0.05) is 0 Å². The zero-order chi connectivity index (χ0) is 14.5. The molecule has 0 amide bonds. The molecule has 1 unspecified atom stereocenters. The summed E-state index contributed by atoms with van der Waals surface area (Å²) in [5.74, 6) is -1.21. The van der Waals surface area contributed by atoms with Gasteiger partial charge in [0.2, 0.25) is 4.84 Å². The molecule has 5 atom stereocenters. The monoisotopic (exact) mass is 308 g/mol. The maximum absolute atomic E-state index is 9.44. The van der Waals surface area contributed by atoms with Crippen molar-refractivity contribution in [2.24, 2.45) is 0 Å². The topological polar surface area (TPSA) is 148 Å². The average molecular weight is 309 g/mol. The molecule has 0 aromatic heterocycles. The first kappa shape index (κ1) is 17.8. The Balaban J connectivity index is 0.000000411. The van der Waals surface area contributed by atoms with Crippen LogP contribution in [0.15, 0.2) is 0 Å². The summed E-state index contributed by atoms with van der Waals surface area (Å²) in [5.41, 5.74) is 0. The fourth-order valence-corrected chi connectivity index (χ4v) is 1.08. The molecule has 0 aromatic carbocycles. The molecular weight excluding hydrogens is 295 g/mol. The van der Waals surface area contributed by atoms with Crippen LogP contribution in [-0.4, -0.2) is 78.8 Å². The van der Waals surface area contributed by atoms with Crippen LogP contribution < -0.4 is 0 Å². The van der Waals surface area contributed by atoms with Gasteiger partial charge in [0.25, 0.3) is 0 Å². The molecular formula is C8H14Cl2O8. The zero-order valence-corrected chi connectivity index (χ0v) is 10.4. The number of carbonyl (C=O) groups is 1. The van der Waals surface area contributed by atoms with E-state index < -0.39 is 48.1 Å². The number of hydrogen-bond acceptors (Lipinski definition) is 7. The van der Waals surface area contributed by atoms with Crippen LogP contribution in [0.4, 0.5) is 0 Å². The highest BCUT2D eigenvalue weighted by molar-refractivity contribution is 6.52. The highest BCUT2D eigenvalue weighted by Gasteiger charge is 2.42. The molecule has 1 rings (SSSR count). The quantitative estimate of drug-likeness (QED) is 0.311. The summed E-state index contributed by atoms with van der Waals surface area (Å²) < 4.78 is 4.58. The number of aliphatic hydroxyl groups is 5. The Labute approximate surface area is 112 Å². The molecule has 8 nitrogen and oxygen atoms in total. The second-order valence-corrected chi connectivity index (χ2v) is 4.45. The van der Waals surface area contributed by atoms with E-state index in [-0.39, 0.29) is 0 Å². The van der Waals surface area contributed by atoms with E-state index in [1.165, 1.54) is 0 Å². The highest BCUT2D eigenvalue weighted by atomic mass is 35.5. The lowest BCUT2D eigenvalue weighted by molar-refractivity contribution is -0.286. The first-order chi connectivity index (χ1) is 8.22. The maximum atomic E-state index is 9.44. The Morgan fingerprint density at radius 1 is 1.11 bits per heavy atom. The van der Waals surface area contributed by atoms with Crippen molar-refractivity contribution >= 4 is 29.2 Å². The standard InChI is InChI=1S/C6H12O6.C2H2Cl2O2/c7-1-2-3(8)4(9)5(10)6(11)12-2;3-1(4)2(5)6/h2-11H,1H2;1H,(H,5,6)/t2-,3-,4+,5-,6?;/m1./s1. The molecule has 108 valence electrons. The zero-order valence-electron chi connectivity index (χ0n) is 8.93. The molecule has 0 bridgehead atoms. The summed E-state index contributed by atoms with van der Waals surface area (Å²) in [5, 5.41) is 52.4. The number of halogens is 2. The van der Waals surface area contributed by atoms with Crippen LogP contribution in [0, 0.1) is 0 Å². The van der Waals surface area contributed by atoms with Gasteiger partial charge in [-0.25, -0.2) is 4.79 Å². The minimum absolute atomic E-state index is 0.526. The predicted octanol–water partition coefficient (Wildman–Crippen LogP) is -2.35. The SMILES string of the molecule is O=C(O)C(Cl)Cl.OC[C@H]1OC(O)[C@H](O)[C@@H](O)[C@@H]1O. The van der Waals surface area contributed by atoms with E-state index in [2.05, 4.69) is 4.74 Å². The Bertz CT molecular complexity index is 259. The van der Waals surface area contributed by atoms with Crippen LogP contribution in [0.2, 0.25) is 0 Å². The van der Waals surface area contributed by atoms with Gasteiger partial charge in [0.05, 0.1) is 6.61 Å². The normalized spacial score (nSPS) is 35.9. The van der Waals surface area contributed by atoms with Gasteiger partial charge in [-0.1, -0.05) is 23.2 Å². The lowest BCUT2D eigenvalue weighted by Crippen LogP contribution is -2.58. The smallest absolute Gasteiger partial charge is 0.337 e. The van der Waals surface area contributed by atoms with Crippen LogP contribution in [0.3, 0.4) is 0 Å². The largest absolute Gasteiger partial charge is 0.479 e. The van der Waals surface area contributed by atoms with Gasteiger partial charge >= 0.3 is 5.97 Å². The molecule has 1 fully saturated rings. The molecule has 0 spiro atoms. The van der Waals surface area contributed by atoms with E-state index in [4.69, 9.17) is 53.8 Å². The second kappa shape index (κ2) is 8.08. The molecule has 1 aliphatic rings. The van der Waals surface area contributed by atoms with Crippen molar-refractivity contribution in [1.29, 1.82) is 0 Å². The van der Waals surface area contributed by atoms with E-state index >= 15 is 0 Å². The number of carboxylic acid groups (broad SMARTS) is 1. The van der Waals surface area contributed by atoms with Crippen molar-refractivity contribution in [3.05, 3.63) is 0 Å². The minimum Gasteiger partial charge on any atom is -0.479 e. The molecule has 18 heavy (non-hydrogen) atoms. The van der Waals surface area contributed by atoms with Gasteiger partial charge in [-0.2, -0.15) is 0 Å². The number of rotatable bonds is 2. The lowest BCUT2D eigenvalue weighted by atomic mass is 10.00. The average Bonchev–Trinajstić information content (AvgIpc) is 2.31. The summed E-state index contributed by atoms with van der Waals surface area (Å²) in [4.78, 5) is 8.15. The van der Waals surface area contributed by atoms with E-state index in [1.54, 1.807) is 0 Å². The van der Waals surface area contributed by atoms with E-state index in [1.807, 2.05) is 0 Å². The third kappa shape index (κ3) is 5.21. The Morgan fingerprint density at radius 2 is 1.56 bits per heavy atom. The molecule has 1 saturated heterocycles. The summed E-state index contributed by atoms with van der Waals surface area (Å²) in [7, 11) is 0. The Hall–Kier alpha value is -0.190. The fourth-order valence-electron chi connectivity index (χ4n) is 1.08. The highest BCUT2D eigenvalue weighted by Crippen LogP contribution is 2.18. The third-order valence-corrected chi connectivity index (χ3v) is 2.43. The predicted molar refractivity (Wildman–Crippen MR) is 59.1 cm³/mol. The fraction of sp³-hybridized carbons (Fsp3) is 0.875. The van der Waals surface area contributed by atoms with Crippen molar-refractivity contribution in [3.63, 3.8) is 0 Å². The van der Waals surface area contributed by atoms with Crippen molar-refractivity contribution < 1.29 is 40.2 Å². The number of ether oxygens (including phenoxy) is 1. The first-order valence-electron chi connectivity index (χ1n) is 4.71. The molecule has 10 heteroatoms. The number of aliphatic carboxylic acids is 1. The lowest BCUT2D eigenvalue weighted by Gasteiger charge is -2.37. The number of carboxylic acids is 1. The second-order valence-electron chi connectivity index (χ2n) is 3.36. The summed E-state index contributed by atoms with van der Waals surface area (Å²) >= 11 is 9.56. The number of aliphatic hydroxyl groups excluding tert-OH is 5. The molecule has 6 N–H and O–H groups in total. The summed E-state index contributed by atoms with van der Waals surface area (Å²) in [6.07, 6.45) is -7.04. The van der Waals surface area contributed by atoms with Gasteiger partial charge in [-0.15, -0.1) is 0 Å². The van der Waals surface area contributed by atoms with Gasteiger partial charge in [-0.3, -0.25) is 0 Å². The first-order valence-corrected chi connectivity index (χ1v) is 5.59. The van der Waals surface area contributed by atoms with Crippen molar-refractivity contribution in [2.75, 3.05) is 6.61 Å². The van der Waals surface area contributed by atoms with Gasteiger partial charge in [0.15, 0.2) is 6.29 Å². The minimum atomic E-state index is -1.57. The Kier molecular flexibility index (Phi) is 7.99. The van der Waals surface area contributed by atoms with Gasteiger partial charge in [-0.05, 0) is 0 Å². The van der Waals surface area contributed by atoms with Crippen LogP contribution in [0.1, 0.15) is 0 Å². The van der Waals surface area contributed by atoms with Crippen LogP contribution in [-0.2, 0) is 9.53 Å². The van der Waals surface area contributed by atoms with Crippen molar-refractivity contribution in [1.82, 2.24) is 0 Å². The molecule has 0 aromatic rings. The third-order valence-electron chi connectivity index (χ3n) is 2.05. The summed E-state index contributed by atoms with van der Waals surface area (Å²) in [6, 6.07) is 0. The maximum Gasteiger partial charge on any atom is 0.337 e. The van der Waals surface area contributed by atoms with Gasteiger partial charge in [0.1, 0.15) is 24.4 Å². The van der Waals surface area contributed by atoms with E-state index in [9.17, 15) is 4.79 Å². The number of hydrogen-bond donors (Lipinski definition) is 6. The molecule has 1 heterocycles. The summed E-state index contributed by atoms with van der Waals surface area (Å²) in [6.45, 7) is -0.526.